The molecule has 0 aromatic heterocycles. The molecule has 0 bridgehead atoms. The first-order valence-corrected chi connectivity index (χ1v) is 13.2. The number of hydrogen-bond donors (Lipinski definition) is 3. The predicted octanol–water partition coefficient (Wildman–Crippen LogP) is 4.93. The zero-order valence-electron chi connectivity index (χ0n) is 21.2. The summed E-state index contributed by atoms with van der Waals surface area (Å²) >= 11 is 6.85. The second kappa shape index (κ2) is 7.48. The van der Waals surface area contributed by atoms with Crippen molar-refractivity contribution in [3.05, 3.63) is 57.6 Å². The molecule has 6 nitrogen and oxygen atoms in total. The van der Waals surface area contributed by atoms with Crippen LogP contribution in [0.25, 0.3) is 0 Å². The summed E-state index contributed by atoms with van der Waals surface area (Å²) in [5, 5.41) is 14.2. The van der Waals surface area contributed by atoms with Gasteiger partial charge in [0.25, 0.3) is 5.91 Å². The molecule has 6 atom stereocenters. The lowest BCUT2D eigenvalue weighted by Crippen LogP contribution is -2.73. The van der Waals surface area contributed by atoms with Gasteiger partial charge in [0.05, 0.1) is 17.6 Å². The number of benzene rings is 2. The van der Waals surface area contributed by atoms with Gasteiger partial charge < -0.3 is 20.9 Å². The molecule has 4 aliphatic rings. The number of amides is 1. The van der Waals surface area contributed by atoms with E-state index in [0.717, 1.165) is 18.4 Å². The zero-order valence-corrected chi connectivity index (χ0v) is 21.9. The first-order valence-electron chi connectivity index (χ1n) is 12.9. The fraction of sp³-hybridized carbons (Fsp3) is 0.517. The number of carbonyl (C=O) groups is 2. The molecule has 6 rings (SSSR count). The fourth-order valence-corrected chi connectivity index (χ4v) is 8.22. The van der Waals surface area contributed by atoms with Gasteiger partial charge in [-0.25, -0.2) is 0 Å². The maximum absolute atomic E-state index is 13.3. The van der Waals surface area contributed by atoms with Crippen LogP contribution in [0.15, 0.2) is 30.3 Å². The Bertz CT molecular complexity index is 1320. The van der Waals surface area contributed by atoms with Crippen LogP contribution in [0.4, 0.5) is 0 Å². The number of halogens is 1. The molecule has 2 saturated carbocycles. The Labute approximate surface area is 216 Å². The van der Waals surface area contributed by atoms with E-state index in [4.69, 9.17) is 22.1 Å². The number of hydrogen-bond acceptors (Lipinski definition) is 5. The molecule has 0 radical (unpaired) electrons. The standard InChI is InChI=1S/C29H33ClN2O4/c1-14-9-10-21-27(2,3)25(34)19(31)13-29(21)28(14,4)12-17-18(30)11-16-22(24(17)36-29)23(32-26(16)35)15-7-5-6-8-20(15)33/h5-8,11,14,19,21,23,33H,9-10,12-13,31H2,1-4H3,(H,32,35)/t14-,19+,21-,23+,28+,29-/m0/s1. The molecule has 2 aromatic carbocycles. The van der Waals surface area contributed by atoms with Crippen LogP contribution in [-0.4, -0.2) is 28.4 Å². The van der Waals surface area contributed by atoms with Crippen molar-refractivity contribution < 1.29 is 19.4 Å². The molecule has 0 unspecified atom stereocenters. The van der Waals surface area contributed by atoms with Crippen LogP contribution in [-0.2, 0) is 11.2 Å². The van der Waals surface area contributed by atoms with Crippen molar-refractivity contribution in [1.82, 2.24) is 5.32 Å². The molecular formula is C29H33ClN2O4. The second-order valence-electron chi connectivity index (χ2n) is 12.1. The maximum atomic E-state index is 13.3. The van der Waals surface area contributed by atoms with Crippen LogP contribution in [0.5, 0.6) is 11.5 Å². The lowest BCUT2D eigenvalue weighted by molar-refractivity contribution is -0.211. The zero-order chi connectivity index (χ0) is 25.8. The van der Waals surface area contributed by atoms with E-state index in [1.807, 2.05) is 26.0 Å². The first-order chi connectivity index (χ1) is 16.9. The molecule has 7 heteroatoms. The monoisotopic (exact) mass is 508 g/mol. The van der Waals surface area contributed by atoms with Crippen molar-refractivity contribution in [3.63, 3.8) is 0 Å². The highest BCUT2D eigenvalue weighted by Gasteiger charge is 2.69. The number of para-hydroxylation sites is 1. The lowest BCUT2D eigenvalue weighted by Gasteiger charge is -2.66. The molecule has 2 fully saturated rings. The van der Waals surface area contributed by atoms with E-state index in [1.54, 1.807) is 18.2 Å². The van der Waals surface area contributed by atoms with Crippen molar-refractivity contribution in [1.29, 1.82) is 0 Å². The highest BCUT2D eigenvalue weighted by atomic mass is 35.5. The Balaban J connectivity index is 1.61. The molecular weight excluding hydrogens is 476 g/mol. The van der Waals surface area contributed by atoms with Crippen molar-refractivity contribution in [2.45, 2.75) is 71.1 Å². The minimum Gasteiger partial charge on any atom is -0.508 e. The summed E-state index contributed by atoms with van der Waals surface area (Å²) < 4.78 is 7.23. The summed E-state index contributed by atoms with van der Waals surface area (Å²) in [6.45, 7) is 8.54. The summed E-state index contributed by atoms with van der Waals surface area (Å²) in [7, 11) is 0. The van der Waals surface area contributed by atoms with E-state index in [9.17, 15) is 14.7 Å². The molecule has 2 heterocycles. The van der Waals surface area contributed by atoms with Crippen molar-refractivity contribution in [2.75, 3.05) is 0 Å². The minimum atomic E-state index is -0.679. The van der Waals surface area contributed by atoms with Crippen LogP contribution in [0.1, 0.15) is 80.0 Å². The molecule has 4 N–H and O–H groups in total. The summed E-state index contributed by atoms with van der Waals surface area (Å²) in [6.07, 6.45) is 2.98. The number of phenols is 1. The van der Waals surface area contributed by atoms with E-state index in [-0.39, 0.29) is 28.8 Å². The number of Topliss-reactive ketones (excluding diaryl/α,β-unsaturated/α-hetero) is 1. The van der Waals surface area contributed by atoms with Gasteiger partial charge in [-0.3, -0.25) is 9.59 Å². The Kier molecular flexibility index (Phi) is 4.95. The number of rotatable bonds is 1. The van der Waals surface area contributed by atoms with Gasteiger partial charge in [-0.15, -0.1) is 0 Å². The molecule has 36 heavy (non-hydrogen) atoms. The summed E-state index contributed by atoms with van der Waals surface area (Å²) in [6, 6.07) is 7.57. The Morgan fingerprint density at radius 3 is 2.61 bits per heavy atom. The first kappa shape index (κ1) is 23.8. The summed E-state index contributed by atoms with van der Waals surface area (Å²) in [5.41, 5.74) is 7.58. The Hall–Kier alpha value is -2.57. The van der Waals surface area contributed by atoms with Gasteiger partial charge in [-0.2, -0.15) is 0 Å². The van der Waals surface area contributed by atoms with Crippen LogP contribution in [0, 0.1) is 22.7 Å². The van der Waals surface area contributed by atoms with E-state index in [0.29, 0.717) is 46.2 Å². The number of aromatic hydroxyl groups is 1. The molecule has 2 aliphatic carbocycles. The van der Waals surface area contributed by atoms with Crippen LogP contribution in [0.2, 0.25) is 5.02 Å². The van der Waals surface area contributed by atoms with E-state index >= 15 is 0 Å². The van der Waals surface area contributed by atoms with Crippen molar-refractivity contribution in [2.24, 2.45) is 28.4 Å². The number of phenolic OH excluding ortho intramolecular Hbond substituents is 1. The van der Waals surface area contributed by atoms with Crippen LogP contribution >= 0.6 is 11.6 Å². The summed E-state index contributed by atoms with van der Waals surface area (Å²) in [4.78, 5) is 26.4. The third-order valence-electron chi connectivity index (χ3n) is 10.1. The molecule has 1 spiro atoms. The average Bonchev–Trinajstić information content (AvgIpc) is 3.14. The average molecular weight is 509 g/mol. The van der Waals surface area contributed by atoms with Gasteiger partial charge in [0, 0.05) is 44.9 Å². The number of ketones is 1. The van der Waals surface area contributed by atoms with E-state index < -0.39 is 23.1 Å². The topological polar surface area (TPSA) is 102 Å². The largest absolute Gasteiger partial charge is 0.508 e. The van der Waals surface area contributed by atoms with Gasteiger partial charge in [-0.1, -0.05) is 57.5 Å². The molecule has 2 aliphatic heterocycles. The van der Waals surface area contributed by atoms with Crippen molar-refractivity contribution >= 4 is 23.3 Å². The second-order valence-corrected chi connectivity index (χ2v) is 12.5. The van der Waals surface area contributed by atoms with Crippen LogP contribution in [0.3, 0.4) is 0 Å². The van der Waals surface area contributed by atoms with Gasteiger partial charge >= 0.3 is 0 Å². The number of nitrogens with one attached hydrogen (secondary N) is 1. The number of nitrogens with two attached hydrogens (primary N) is 1. The van der Waals surface area contributed by atoms with Gasteiger partial charge in [-0.05, 0) is 37.3 Å². The Morgan fingerprint density at radius 2 is 1.89 bits per heavy atom. The SMILES string of the molecule is C[C@H]1CC[C@H]2C(C)(C)C(=O)[C@H](N)C[C@]23Oc2c(c(Cl)cc4c2[C@@H](c2ccccc2O)NC4=O)C[C@]13C. The highest BCUT2D eigenvalue weighted by molar-refractivity contribution is 6.32. The number of carbonyl (C=O) groups excluding carboxylic acids is 2. The fourth-order valence-electron chi connectivity index (χ4n) is 7.96. The molecule has 190 valence electrons. The quantitative estimate of drug-likeness (QED) is 0.507. The van der Waals surface area contributed by atoms with Gasteiger partial charge in [0.2, 0.25) is 0 Å². The third kappa shape index (κ3) is 2.83. The van der Waals surface area contributed by atoms with Crippen molar-refractivity contribution in [3.8, 4) is 11.5 Å². The Morgan fingerprint density at radius 1 is 1.17 bits per heavy atom. The van der Waals surface area contributed by atoms with Gasteiger partial charge in [0.15, 0.2) is 5.78 Å². The minimum absolute atomic E-state index is 0.0186. The third-order valence-corrected chi connectivity index (χ3v) is 10.5. The van der Waals surface area contributed by atoms with E-state index in [2.05, 4.69) is 19.2 Å². The smallest absolute Gasteiger partial charge is 0.252 e. The summed E-state index contributed by atoms with van der Waals surface area (Å²) in [5.74, 6) is 0.865. The van der Waals surface area contributed by atoms with E-state index in [1.165, 1.54) is 0 Å². The molecule has 0 saturated heterocycles. The molecule has 2 aromatic rings. The molecule has 1 amide bonds. The lowest BCUT2D eigenvalue weighted by atomic mass is 9.43. The predicted molar refractivity (Wildman–Crippen MR) is 137 cm³/mol. The maximum Gasteiger partial charge on any atom is 0.252 e. The number of fused-ring (bicyclic) bond motifs is 3. The normalized spacial score (nSPS) is 36.2. The van der Waals surface area contributed by atoms with Gasteiger partial charge in [0.1, 0.15) is 17.1 Å². The number of ether oxygens (including phenoxy) is 1. The van der Waals surface area contributed by atoms with Crippen LogP contribution < -0.4 is 15.8 Å². The highest BCUT2D eigenvalue weighted by Crippen LogP contribution is 2.66.